The minimum absolute atomic E-state index is 0. The third kappa shape index (κ3) is 24.3. The van der Waals surface area contributed by atoms with Gasteiger partial charge in [0, 0.05) is 0 Å². The van der Waals surface area contributed by atoms with Crippen molar-refractivity contribution >= 4 is 10.7 Å². The van der Waals surface area contributed by atoms with Crippen LogP contribution >= 0.6 is 0 Å². The second kappa shape index (κ2) is 21.2. The van der Waals surface area contributed by atoms with Crippen LogP contribution in [0.2, 0.25) is 0 Å². The van der Waals surface area contributed by atoms with E-state index in [1.165, 1.54) is 64.2 Å². The van der Waals surface area contributed by atoms with E-state index >= 15 is 0 Å². The molecule has 0 amide bonds. The molecule has 0 aromatic rings. The minimum Gasteiger partial charge on any atom is -0.870 e. The summed E-state index contributed by atoms with van der Waals surface area (Å²) in [6.45, 7) is 2.25. The molecule has 0 unspecified atom stereocenters. The molecule has 0 saturated carbocycles. The molecule has 0 heterocycles. The van der Waals surface area contributed by atoms with Gasteiger partial charge in [-0.1, -0.05) is 100 Å². The zero-order valence-corrected chi connectivity index (χ0v) is 15.7. The molecule has 1 N–H and O–H groups in total. The van der Waals surface area contributed by atoms with Crippen LogP contribution in [0.15, 0.2) is 0 Å². The van der Waals surface area contributed by atoms with Crippen molar-refractivity contribution in [2.45, 2.75) is 84.0 Å². The van der Waals surface area contributed by atoms with Crippen molar-refractivity contribution in [2.24, 2.45) is 0 Å². The third-order valence-corrected chi connectivity index (χ3v) is 3.79. The fourth-order valence-electron chi connectivity index (χ4n) is 2.06. The SMILES string of the molecule is CCCCCCCCCCCCCC[S-](=O)=O.[Na+].[OH-]. The van der Waals surface area contributed by atoms with Crippen LogP contribution in [-0.2, 0) is 19.1 Å². The third-order valence-electron chi connectivity index (χ3n) is 3.16. The Balaban J connectivity index is -0.00000128. The first kappa shape index (κ1) is 24.9. The number of rotatable bonds is 13. The van der Waals surface area contributed by atoms with Crippen molar-refractivity contribution in [3.8, 4) is 0 Å². The first-order chi connectivity index (χ1) is 8.27. The van der Waals surface area contributed by atoms with Gasteiger partial charge in [0.05, 0.1) is 0 Å². The van der Waals surface area contributed by atoms with Gasteiger partial charge in [-0.25, -0.2) is 0 Å². The molecule has 0 aromatic heterocycles. The van der Waals surface area contributed by atoms with E-state index in [2.05, 4.69) is 6.92 Å². The second-order valence-electron chi connectivity index (χ2n) is 4.90. The predicted molar refractivity (Wildman–Crippen MR) is 76.6 cm³/mol. The van der Waals surface area contributed by atoms with Gasteiger partial charge >= 0.3 is 29.6 Å². The zero-order chi connectivity index (χ0) is 12.8. The first-order valence-corrected chi connectivity index (χ1v) is 8.57. The Labute approximate surface area is 143 Å². The average Bonchev–Trinajstić information content (AvgIpc) is 2.30. The molecule has 3 nitrogen and oxygen atoms in total. The zero-order valence-electron chi connectivity index (χ0n) is 12.9. The first-order valence-electron chi connectivity index (χ1n) is 7.33. The predicted octanol–water partition coefficient (Wildman–Crippen LogP) is 1.82. The molecule has 0 radical (unpaired) electrons. The van der Waals surface area contributed by atoms with Crippen LogP contribution < -0.4 is 29.6 Å². The van der Waals surface area contributed by atoms with E-state index in [0.717, 1.165) is 12.8 Å². The maximum atomic E-state index is 10.3. The topological polar surface area (TPSA) is 64.1 Å². The molecular formula is C14H30NaO3S-. The Morgan fingerprint density at radius 2 is 0.947 bits per heavy atom. The molecule has 0 fully saturated rings. The van der Waals surface area contributed by atoms with Gasteiger partial charge in [-0.05, 0) is 0 Å². The Hall–Kier alpha value is 0.910. The molecule has 0 bridgehead atoms. The van der Waals surface area contributed by atoms with Gasteiger partial charge in [0.25, 0.3) is 0 Å². The van der Waals surface area contributed by atoms with E-state index in [-0.39, 0.29) is 35.0 Å². The van der Waals surface area contributed by atoms with E-state index in [9.17, 15) is 8.42 Å². The molecule has 19 heavy (non-hydrogen) atoms. The van der Waals surface area contributed by atoms with Gasteiger partial charge in [0.15, 0.2) is 0 Å². The fraction of sp³-hybridized carbons (Fsp3) is 1.00. The van der Waals surface area contributed by atoms with Gasteiger partial charge < -0.3 is 13.9 Å². The van der Waals surface area contributed by atoms with E-state index < -0.39 is 10.7 Å². The monoisotopic (exact) mass is 301 g/mol. The van der Waals surface area contributed by atoms with Gasteiger partial charge in [0.1, 0.15) is 0 Å². The summed E-state index contributed by atoms with van der Waals surface area (Å²) in [5.74, 6) is 0.345. The van der Waals surface area contributed by atoms with E-state index in [1.54, 1.807) is 0 Å². The quantitative estimate of drug-likeness (QED) is 0.296. The normalized spacial score (nSPS) is 10.0. The van der Waals surface area contributed by atoms with Crippen molar-refractivity contribution in [3.05, 3.63) is 0 Å². The molecule has 5 heteroatoms. The Morgan fingerprint density at radius 1 is 0.632 bits per heavy atom. The van der Waals surface area contributed by atoms with Crippen LogP contribution in [0.1, 0.15) is 84.0 Å². The molecule has 0 aliphatic rings. The molecule has 0 aliphatic heterocycles. The Bertz CT molecular complexity index is 213. The summed E-state index contributed by atoms with van der Waals surface area (Å²) >= 11 is 0. The smallest absolute Gasteiger partial charge is 0.870 e. The summed E-state index contributed by atoms with van der Waals surface area (Å²) in [5, 5.41) is 0. The molecule has 0 rings (SSSR count). The van der Waals surface area contributed by atoms with E-state index in [4.69, 9.17) is 0 Å². The largest absolute Gasteiger partial charge is 1.00 e. The van der Waals surface area contributed by atoms with Crippen LogP contribution in [0.25, 0.3) is 0 Å². The maximum Gasteiger partial charge on any atom is 1.00 e. The molecular weight excluding hydrogens is 271 g/mol. The van der Waals surface area contributed by atoms with Gasteiger partial charge in [-0.3, -0.25) is 0 Å². The number of hydrogen-bond donors (Lipinski definition) is 0. The molecule has 0 aromatic carbocycles. The van der Waals surface area contributed by atoms with Crippen LogP contribution in [-0.4, -0.2) is 11.2 Å². The maximum absolute atomic E-state index is 10.3. The summed E-state index contributed by atoms with van der Waals surface area (Å²) < 4.78 is 20.6. The summed E-state index contributed by atoms with van der Waals surface area (Å²) in [6, 6.07) is 0. The van der Waals surface area contributed by atoms with E-state index in [0.29, 0.717) is 5.75 Å². The standard InChI is InChI=1S/C14H29O2S.Na.H2O/c1-2-3-4-5-6-7-8-9-10-11-12-13-14-17(15)16;;/h2-14H2,1H3;;1H2/q-1;+1;/p-1. The second-order valence-corrected chi connectivity index (χ2v) is 5.91. The number of unbranched alkanes of at least 4 members (excludes halogenated alkanes) is 11. The van der Waals surface area contributed by atoms with Crippen molar-refractivity contribution in [1.82, 2.24) is 0 Å². The molecule has 112 valence electrons. The van der Waals surface area contributed by atoms with Crippen molar-refractivity contribution < 1.29 is 43.5 Å². The van der Waals surface area contributed by atoms with Gasteiger partial charge in [-0.15, -0.1) is 0 Å². The number of hydrogen-bond acceptors (Lipinski definition) is 4. The van der Waals surface area contributed by atoms with Crippen molar-refractivity contribution in [1.29, 1.82) is 0 Å². The average molecular weight is 301 g/mol. The Kier molecular flexibility index (Phi) is 27.8. The van der Waals surface area contributed by atoms with E-state index in [1.807, 2.05) is 0 Å². The molecule has 0 spiro atoms. The van der Waals surface area contributed by atoms with Crippen molar-refractivity contribution in [3.63, 3.8) is 0 Å². The molecule has 0 atom stereocenters. The summed E-state index contributed by atoms with van der Waals surface area (Å²) in [4.78, 5) is 0. The van der Waals surface area contributed by atoms with Crippen LogP contribution in [0.4, 0.5) is 0 Å². The van der Waals surface area contributed by atoms with Gasteiger partial charge in [-0.2, -0.15) is 0 Å². The molecule has 0 aliphatic carbocycles. The van der Waals surface area contributed by atoms with Crippen LogP contribution in [0, 0.1) is 0 Å². The molecule has 0 saturated heterocycles. The summed E-state index contributed by atoms with van der Waals surface area (Å²) in [6.07, 6.45) is 15.4. The van der Waals surface area contributed by atoms with Crippen LogP contribution in [0.5, 0.6) is 0 Å². The fourth-order valence-corrected chi connectivity index (χ4v) is 2.50. The minimum atomic E-state index is -1.83. The van der Waals surface area contributed by atoms with Gasteiger partial charge in [0.2, 0.25) is 0 Å². The van der Waals surface area contributed by atoms with Crippen molar-refractivity contribution in [2.75, 3.05) is 5.75 Å². The Morgan fingerprint density at radius 3 is 1.26 bits per heavy atom. The van der Waals surface area contributed by atoms with Crippen LogP contribution in [0.3, 0.4) is 0 Å². The summed E-state index contributed by atoms with van der Waals surface area (Å²) in [7, 11) is -1.83. The summed E-state index contributed by atoms with van der Waals surface area (Å²) in [5.41, 5.74) is 0.